The Morgan fingerprint density at radius 3 is 2.47 bits per heavy atom. The maximum Gasteiger partial charge on any atom is 0.238 e. The molecule has 7 heteroatoms. The number of ether oxygens (including phenoxy) is 3. The normalized spacial score (nSPS) is 18.1. The van der Waals surface area contributed by atoms with Crippen LogP contribution in [-0.4, -0.2) is 38.8 Å². The lowest BCUT2D eigenvalue weighted by Crippen LogP contribution is -2.43. The van der Waals surface area contributed by atoms with Crippen LogP contribution in [0.3, 0.4) is 0 Å². The molecule has 0 bridgehead atoms. The Morgan fingerprint density at radius 2 is 1.77 bits per heavy atom. The quantitative estimate of drug-likeness (QED) is 0.556. The third-order valence-electron chi connectivity index (χ3n) is 5.06. The first-order valence-corrected chi connectivity index (χ1v) is 10.5. The minimum Gasteiger partial charge on any atom is -0.497 e. The highest BCUT2D eigenvalue weighted by Crippen LogP contribution is 2.28. The second kappa shape index (κ2) is 10.8. The fourth-order valence-electron chi connectivity index (χ4n) is 3.49. The minimum atomic E-state index is -0.267. The van der Waals surface area contributed by atoms with Gasteiger partial charge in [-0.25, -0.2) is 10.9 Å². The summed E-state index contributed by atoms with van der Waals surface area (Å²) in [6.07, 6.45) is 1.41. The van der Waals surface area contributed by atoms with Crippen molar-refractivity contribution in [3.8, 4) is 17.2 Å². The van der Waals surface area contributed by atoms with Crippen molar-refractivity contribution in [2.75, 3.05) is 26.9 Å². The van der Waals surface area contributed by atoms with Crippen LogP contribution in [0.1, 0.15) is 37.4 Å². The second-order valence-corrected chi connectivity index (χ2v) is 7.09. The molecule has 2 unspecified atom stereocenters. The number of nitrogens with one attached hydrogen (secondary N) is 3. The molecule has 0 saturated carbocycles. The Balaban J connectivity index is 1.48. The van der Waals surface area contributed by atoms with E-state index in [9.17, 15) is 4.79 Å². The summed E-state index contributed by atoms with van der Waals surface area (Å²) < 4.78 is 16.5. The van der Waals surface area contributed by atoms with Crippen molar-refractivity contribution in [2.45, 2.75) is 38.8 Å². The summed E-state index contributed by atoms with van der Waals surface area (Å²) in [5, 5.41) is 3.02. The van der Waals surface area contributed by atoms with Gasteiger partial charge in [0.2, 0.25) is 5.91 Å². The van der Waals surface area contributed by atoms with Crippen LogP contribution >= 0.6 is 0 Å². The SMILES string of the molecule is CCOc1ccc(CCNC(=O)C2CC(c3ccc(OC)cc3)NN2)cc1OCC. The molecule has 3 rings (SSSR count). The third-order valence-corrected chi connectivity index (χ3v) is 5.06. The molecule has 1 saturated heterocycles. The number of hydrogen-bond acceptors (Lipinski definition) is 6. The average molecular weight is 414 g/mol. The van der Waals surface area contributed by atoms with Gasteiger partial charge in [0, 0.05) is 12.6 Å². The maximum absolute atomic E-state index is 12.5. The van der Waals surface area contributed by atoms with Gasteiger partial charge in [-0.05, 0) is 62.1 Å². The fraction of sp³-hybridized carbons (Fsp3) is 0.435. The lowest BCUT2D eigenvalue weighted by atomic mass is 10.0. The molecule has 2 aromatic rings. The standard InChI is InChI=1S/C23H31N3O4/c1-4-29-21-11-6-16(14-22(21)30-5-2)12-13-24-23(27)20-15-19(25-26-20)17-7-9-18(28-3)10-8-17/h6-11,14,19-20,25-26H,4-5,12-13,15H2,1-3H3,(H,24,27). The van der Waals surface area contributed by atoms with Crippen molar-refractivity contribution in [3.05, 3.63) is 53.6 Å². The minimum absolute atomic E-state index is 0.00511. The van der Waals surface area contributed by atoms with E-state index < -0.39 is 0 Å². The molecule has 1 aliphatic rings. The van der Waals surface area contributed by atoms with Crippen LogP contribution < -0.4 is 30.4 Å². The van der Waals surface area contributed by atoms with Crippen molar-refractivity contribution >= 4 is 5.91 Å². The van der Waals surface area contributed by atoms with Crippen molar-refractivity contribution in [1.82, 2.24) is 16.2 Å². The molecule has 0 aliphatic carbocycles. The highest BCUT2D eigenvalue weighted by atomic mass is 16.5. The van der Waals surface area contributed by atoms with E-state index in [1.807, 2.05) is 56.3 Å². The number of methoxy groups -OCH3 is 1. The van der Waals surface area contributed by atoms with E-state index in [0.717, 1.165) is 34.8 Å². The molecule has 1 heterocycles. The molecular formula is C23H31N3O4. The van der Waals surface area contributed by atoms with Crippen molar-refractivity contribution in [2.24, 2.45) is 0 Å². The van der Waals surface area contributed by atoms with E-state index in [1.165, 1.54) is 0 Å². The molecule has 7 nitrogen and oxygen atoms in total. The van der Waals surface area contributed by atoms with Crippen LogP contribution in [-0.2, 0) is 11.2 Å². The number of rotatable bonds is 10. The predicted molar refractivity (Wildman–Crippen MR) is 116 cm³/mol. The molecule has 3 N–H and O–H groups in total. The lowest BCUT2D eigenvalue weighted by molar-refractivity contribution is -0.122. The zero-order valence-corrected chi connectivity index (χ0v) is 17.9. The molecular weight excluding hydrogens is 382 g/mol. The first-order valence-electron chi connectivity index (χ1n) is 10.5. The first kappa shape index (κ1) is 21.9. The second-order valence-electron chi connectivity index (χ2n) is 7.09. The van der Waals surface area contributed by atoms with Gasteiger partial charge in [-0.2, -0.15) is 0 Å². The zero-order chi connectivity index (χ0) is 21.3. The Morgan fingerprint density at radius 1 is 1.03 bits per heavy atom. The lowest BCUT2D eigenvalue weighted by Gasteiger charge is -2.13. The van der Waals surface area contributed by atoms with Gasteiger partial charge in [-0.15, -0.1) is 0 Å². The van der Waals surface area contributed by atoms with E-state index in [-0.39, 0.29) is 18.0 Å². The van der Waals surface area contributed by atoms with E-state index >= 15 is 0 Å². The summed E-state index contributed by atoms with van der Waals surface area (Å²) in [5.74, 6) is 2.31. The summed E-state index contributed by atoms with van der Waals surface area (Å²) in [6.45, 7) is 5.63. The number of benzene rings is 2. The third kappa shape index (κ3) is 5.64. The van der Waals surface area contributed by atoms with Crippen LogP contribution in [0.25, 0.3) is 0 Å². The molecule has 1 fully saturated rings. The Labute approximate surface area is 178 Å². The summed E-state index contributed by atoms with van der Waals surface area (Å²) in [6, 6.07) is 13.6. The summed E-state index contributed by atoms with van der Waals surface area (Å²) in [4.78, 5) is 12.5. The monoisotopic (exact) mass is 413 g/mol. The topological polar surface area (TPSA) is 80.9 Å². The number of hydrazine groups is 1. The molecule has 162 valence electrons. The summed E-state index contributed by atoms with van der Waals surface area (Å²) >= 11 is 0. The summed E-state index contributed by atoms with van der Waals surface area (Å²) in [5.41, 5.74) is 8.52. The van der Waals surface area contributed by atoms with Gasteiger partial charge < -0.3 is 19.5 Å². The van der Waals surface area contributed by atoms with E-state index in [2.05, 4.69) is 16.2 Å². The number of hydrogen-bond donors (Lipinski definition) is 3. The average Bonchev–Trinajstić information content (AvgIpc) is 3.26. The molecule has 30 heavy (non-hydrogen) atoms. The van der Waals surface area contributed by atoms with Crippen LogP contribution in [0, 0.1) is 0 Å². The van der Waals surface area contributed by atoms with E-state index in [0.29, 0.717) is 26.2 Å². The molecule has 1 amide bonds. The fourth-order valence-corrected chi connectivity index (χ4v) is 3.49. The van der Waals surface area contributed by atoms with Crippen molar-refractivity contribution in [1.29, 1.82) is 0 Å². The first-order chi connectivity index (χ1) is 14.6. The largest absolute Gasteiger partial charge is 0.497 e. The van der Waals surface area contributed by atoms with Gasteiger partial charge in [0.05, 0.1) is 20.3 Å². The van der Waals surface area contributed by atoms with Gasteiger partial charge in [-0.1, -0.05) is 18.2 Å². The Hall–Kier alpha value is -2.77. The van der Waals surface area contributed by atoms with Crippen LogP contribution in [0.15, 0.2) is 42.5 Å². The Bertz CT molecular complexity index is 826. The van der Waals surface area contributed by atoms with Crippen LogP contribution in [0.5, 0.6) is 17.2 Å². The Kier molecular flexibility index (Phi) is 7.93. The zero-order valence-electron chi connectivity index (χ0n) is 17.9. The van der Waals surface area contributed by atoms with E-state index in [1.54, 1.807) is 7.11 Å². The van der Waals surface area contributed by atoms with E-state index in [4.69, 9.17) is 14.2 Å². The highest BCUT2D eigenvalue weighted by molar-refractivity contribution is 5.82. The van der Waals surface area contributed by atoms with Gasteiger partial charge in [0.15, 0.2) is 11.5 Å². The highest BCUT2D eigenvalue weighted by Gasteiger charge is 2.29. The number of amides is 1. The number of carbonyl (C=O) groups excluding carboxylic acids is 1. The van der Waals surface area contributed by atoms with Crippen molar-refractivity contribution < 1.29 is 19.0 Å². The van der Waals surface area contributed by atoms with Crippen molar-refractivity contribution in [3.63, 3.8) is 0 Å². The molecule has 2 atom stereocenters. The van der Waals surface area contributed by atoms with Crippen LogP contribution in [0.2, 0.25) is 0 Å². The molecule has 0 aromatic heterocycles. The molecule has 0 radical (unpaired) electrons. The summed E-state index contributed by atoms with van der Waals surface area (Å²) in [7, 11) is 1.65. The maximum atomic E-state index is 12.5. The van der Waals surface area contributed by atoms with Crippen LogP contribution in [0.4, 0.5) is 0 Å². The smallest absolute Gasteiger partial charge is 0.238 e. The number of carbonyl (C=O) groups is 1. The molecule has 2 aromatic carbocycles. The molecule has 0 spiro atoms. The van der Waals surface area contributed by atoms with Gasteiger partial charge >= 0.3 is 0 Å². The van der Waals surface area contributed by atoms with Gasteiger partial charge in [0.25, 0.3) is 0 Å². The predicted octanol–water partition coefficient (Wildman–Crippen LogP) is 2.76. The van der Waals surface area contributed by atoms with Gasteiger partial charge in [-0.3, -0.25) is 4.79 Å². The van der Waals surface area contributed by atoms with Gasteiger partial charge in [0.1, 0.15) is 11.8 Å². The molecule has 1 aliphatic heterocycles.